The van der Waals surface area contributed by atoms with Crippen LogP contribution in [0.2, 0.25) is 4.34 Å². The lowest BCUT2D eigenvalue weighted by atomic mass is 10.4. The maximum absolute atomic E-state index is 11.7. The Hall–Kier alpha value is -1.96. The summed E-state index contributed by atoms with van der Waals surface area (Å²) in [6, 6.07) is 7.41. The van der Waals surface area contributed by atoms with E-state index in [2.05, 4.69) is 15.5 Å². The lowest BCUT2D eigenvalue weighted by Crippen LogP contribution is -2.07. The Kier molecular flexibility index (Phi) is 4.14. The van der Waals surface area contributed by atoms with Crippen molar-refractivity contribution in [2.45, 2.75) is 0 Å². The van der Waals surface area contributed by atoms with E-state index in [1.165, 1.54) is 17.4 Å². The van der Waals surface area contributed by atoms with Crippen molar-refractivity contribution in [1.82, 2.24) is 10.2 Å². The van der Waals surface area contributed by atoms with Crippen molar-refractivity contribution in [3.8, 4) is 10.8 Å². The second kappa shape index (κ2) is 6.21. The molecule has 0 aliphatic heterocycles. The molecule has 5 nitrogen and oxygen atoms in total. The fourth-order valence-corrected chi connectivity index (χ4v) is 3.08. The van der Waals surface area contributed by atoms with Crippen molar-refractivity contribution in [2.75, 3.05) is 5.32 Å². The molecular weight excluding hydrogens is 330 g/mol. The first kappa shape index (κ1) is 14.0. The number of aromatic nitrogens is 2. The summed E-state index contributed by atoms with van der Waals surface area (Å²) in [5.74, 6) is -0.00718. The number of thiophene rings is 2. The highest BCUT2D eigenvalue weighted by Gasteiger charge is 2.11. The maximum atomic E-state index is 11.7. The molecule has 0 aromatic carbocycles. The molecule has 1 N–H and O–H groups in total. The smallest absolute Gasteiger partial charge is 0.322 e. The zero-order valence-electron chi connectivity index (χ0n) is 10.4. The number of anilines is 1. The van der Waals surface area contributed by atoms with Crippen LogP contribution in [0.1, 0.15) is 4.88 Å². The van der Waals surface area contributed by atoms with E-state index in [-0.39, 0.29) is 11.9 Å². The molecule has 0 fully saturated rings. The Morgan fingerprint density at radius 2 is 2.24 bits per heavy atom. The van der Waals surface area contributed by atoms with Crippen molar-refractivity contribution in [1.29, 1.82) is 0 Å². The van der Waals surface area contributed by atoms with Crippen LogP contribution < -0.4 is 5.32 Å². The zero-order valence-corrected chi connectivity index (χ0v) is 12.8. The second-order valence-corrected chi connectivity index (χ2v) is 6.55. The predicted molar refractivity (Wildman–Crippen MR) is 84.6 cm³/mol. The van der Waals surface area contributed by atoms with Gasteiger partial charge in [-0.25, -0.2) is 0 Å². The lowest BCUT2D eigenvalue weighted by molar-refractivity contribution is -0.112. The number of hydrogen-bond acceptors (Lipinski definition) is 6. The van der Waals surface area contributed by atoms with E-state index in [4.69, 9.17) is 16.0 Å². The molecule has 21 heavy (non-hydrogen) atoms. The van der Waals surface area contributed by atoms with Gasteiger partial charge in [-0.3, -0.25) is 10.1 Å². The summed E-state index contributed by atoms with van der Waals surface area (Å²) in [5.41, 5.74) is 0. The standard InChI is InChI=1S/C13H8ClN3O2S2/c14-10-5-4-9(21-10)12-16-17-13(19-12)15-11(18)6-3-8-2-1-7-20-8/h1-7H,(H,15,17,18)/b6-3+. The summed E-state index contributed by atoms with van der Waals surface area (Å²) < 4.78 is 5.99. The van der Waals surface area contributed by atoms with Gasteiger partial charge in [0.05, 0.1) is 9.21 Å². The molecule has 0 aliphatic rings. The van der Waals surface area contributed by atoms with E-state index in [0.717, 1.165) is 9.75 Å². The SMILES string of the molecule is O=C(/C=C/c1cccs1)Nc1nnc(-c2ccc(Cl)s2)o1. The lowest BCUT2D eigenvalue weighted by Gasteiger charge is -1.93. The minimum Gasteiger partial charge on any atom is -0.402 e. The highest BCUT2D eigenvalue weighted by molar-refractivity contribution is 7.19. The highest BCUT2D eigenvalue weighted by atomic mass is 35.5. The van der Waals surface area contributed by atoms with Crippen molar-refractivity contribution in [3.05, 3.63) is 44.9 Å². The van der Waals surface area contributed by atoms with E-state index in [1.54, 1.807) is 29.5 Å². The number of halogens is 1. The molecule has 0 radical (unpaired) electrons. The Labute approximate surface area is 132 Å². The molecular formula is C13H8ClN3O2S2. The molecule has 0 spiro atoms. The van der Waals surface area contributed by atoms with Crippen LogP contribution in [0.25, 0.3) is 16.8 Å². The Morgan fingerprint density at radius 3 is 2.95 bits per heavy atom. The summed E-state index contributed by atoms with van der Waals surface area (Å²) in [7, 11) is 0. The van der Waals surface area contributed by atoms with Gasteiger partial charge in [-0.2, -0.15) is 0 Å². The Bertz CT molecular complexity index is 777. The molecule has 1 amide bonds. The number of nitrogens with one attached hydrogen (secondary N) is 1. The van der Waals surface area contributed by atoms with Crippen LogP contribution in [0, 0.1) is 0 Å². The van der Waals surface area contributed by atoms with E-state index in [9.17, 15) is 4.79 Å². The topological polar surface area (TPSA) is 68.0 Å². The molecule has 0 aliphatic carbocycles. The average molecular weight is 338 g/mol. The summed E-state index contributed by atoms with van der Waals surface area (Å²) >= 11 is 8.71. The molecule has 3 rings (SSSR count). The van der Waals surface area contributed by atoms with Gasteiger partial charge in [0.15, 0.2) is 0 Å². The van der Waals surface area contributed by atoms with Crippen LogP contribution in [0.5, 0.6) is 0 Å². The number of hydrogen-bond donors (Lipinski definition) is 1. The van der Waals surface area contributed by atoms with Crippen LogP contribution in [-0.4, -0.2) is 16.1 Å². The van der Waals surface area contributed by atoms with Gasteiger partial charge in [0.25, 0.3) is 11.8 Å². The minimum absolute atomic E-state index is 0.0513. The van der Waals surface area contributed by atoms with E-state index in [0.29, 0.717) is 10.2 Å². The highest BCUT2D eigenvalue weighted by Crippen LogP contribution is 2.30. The zero-order chi connectivity index (χ0) is 14.7. The Morgan fingerprint density at radius 1 is 1.33 bits per heavy atom. The number of carbonyl (C=O) groups excluding carboxylic acids is 1. The molecule has 0 saturated heterocycles. The van der Waals surface area contributed by atoms with Gasteiger partial charge in [0, 0.05) is 11.0 Å². The van der Waals surface area contributed by atoms with Gasteiger partial charge in [-0.05, 0) is 29.7 Å². The normalized spacial score (nSPS) is 11.1. The van der Waals surface area contributed by atoms with Crippen LogP contribution in [-0.2, 0) is 4.79 Å². The summed E-state index contributed by atoms with van der Waals surface area (Å²) in [6.45, 7) is 0. The van der Waals surface area contributed by atoms with Gasteiger partial charge in [0.1, 0.15) is 0 Å². The predicted octanol–water partition coefficient (Wildman–Crippen LogP) is 4.16. The molecule has 3 aromatic rings. The second-order valence-electron chi connectivity index (χ2n) is 3.85. The van der Waals surface area contributed by atoms with Crippen molar-refractivity contribution in [3.63, 3.8) is 0 Å². The van der Waals surface area contributed by atoms with Gasteiger partial charge in [-0.15, -0.1) is 27.8 Å². The third-order valence-electron chi connectivity index (χ3n) is 2.38. The molecule has 0 atom stereocenters. The number of nitrogens with zero attached hydrogens (tertiary/aromatic N) is 2. The van der Waals surface area contributed by atoms with Gasteiger partial charge < -0.3 is 4.42 Å². The molecule has 0 saturated carbocycles. The van der Waals surface area contributed by atoms with Gasteiger partial charge in [0.2, 0.25) is 0 Å². The fraction of sp³-hybridized carbons (Fsp3) is 0. The van der Waals surface area contributed by atoms with Gasteiger partial charge in [-0.1, -0.05) is 22.8 Å². The summed E-state index contributed by atoms with van der Waals surface area (Å²) in [5, 5.41) is 12.1. The van der Waals surface area contributed by atoms with Crippen LogP contribution in [0.15, 0.2) is 40.1 Å². The van der Waals surface area contributed by atoms with Crippen molar-refractivity contribution in [2.24, 2.45) is 0 Å². The van der Waals surface area contributed by atoms with Crippen molar-refractivity contribution < 1.29 is 9.21 Å². The van der Waals surface area contributed by atoms with E-state index in [1.807, 2.05) is 17.5 Å². The summed E-state index contributed by atoms with van der Waals surface area (Å²) in [4.78, 5) is 13.5. The van der Waals surface area contributed by atoms with Gasteiger partial charge >= 0.3 is 6.01 Å². The number of rotatable bonds is 4. The first-order valence-electron chi connectivity index (χ1n) is 5.82. The molecule has 3 heterocycles. The van der Waals surface area contributed by atoms with Crippen molar-refractivity contribution >= 4 is 52.3 Å². The molecule has 106 valence electrons. The Balaban J connectivity index is 1.65. The molecule has 3 aromatic heterocycles. The molecule has 0 bridgehead atoms. The largest absolute Gasteiger partial charge is 0.402 e. The minimum atomic E-state index is -0.331. The van der Waals surface area contributed by atoms with E-state index >= 15 is 0 Å². The first-order chi connectivity index (χ1) is 10.2. The fourth-order valence-electron chi connectivity index (χ4n) is 1.49. The third-order valence-corrected chi connectivity index (χ3v) is 4.44. The molecule has 0 unspecified atom stereocenters. The van der Waals surface area contributed by atoms with Crippen LogP contribution >= 0.6 is 34.3 Å². The van der Waals surface area contributed by atoms with E-state index < -0.39 is 0 Å². The quantitative estimate of drug-likeness (QED) is 0.726. The third kappa shape index (κ3) is 3.57. The molecule has 8 heteroatoms. The summed E-state index contributed by atoms with van der Waals surface area (Å²) in [6.07, 6.45) is 3.13. The average Bonchev–Trinajstić information content (AvgIpc) is 3.17. The monoisotopic (exact) mass is 337 g/mol. The van der Waals surface area contributed by atoms with Crippen LogP contribution in [0.4, 0.5) is 6.01 Å². The number of amides is 1. The van der Waals surface area contributed by atoms with Crippen LogP contribution in [0.3, 0.4) is 0 Å². The number of carbonyl (C=O) groups is 1. The maximum Gasteiger partial charge on any atom is 0.322 e. The first-order valence-corrected chi connectivity index (χ1v) is 7.90.